The zero-order chi connectivity index (χ0) is 35.8. The number of nitrogens with zero attached hydrogens (tertiary/aromatic N) is 3. The summed E-state index contributed by atoms with van der Waals surface area (Å²) in [5, 5.41) is 18.8. The van der Waals surface area contributed by atoms with Gasteiger partial charge >= 0.3 is 0 Å². The number of aliphatic hydroxyl groups is 1. The van der Waals surface area contributed by atoms with Gasteiger partial charge in [-0.1, -0.05) is 34.8 Å². The van der Waals surface area contributed by atoms with Crippen LogP contribution < -0.4 is 14.2 Å². The Morgan fingerprint density at radius 1 is 0.755 bits per heavy atom. The van der Waals surface area contributed by atoms with Crippen LogP contribution in [0.15, 0.2) is 93.8 Å². The number of aldehydes is 1. The van der Waals surface area contributed by atoms with E-state index < -0.39 is 6.10 Å². The van der Waals surface area contributed by atoms with Gasteiger partial charge in [0.15, 0.2) is 16.3 Å². The largest absolute Gasteiger partial charge is 0.496 e. The van der Waals surface area contributed by atoms with Crippen molar-refractivity contribution in [2.45, 2.75) is 6.10 Å². The fraction of sp³-hybridized carbons (Fsp3) is 0.121. The van der Waals surface area contributed by atoms with Crippen LogP contribution in [-0.4, -0.2) is 53.5 Å². The molecule has 16 heteroatoms. The van der Waals surface area contributed by atoms with Gasteiger partial charge in [-0.2, -0.15) is 0 Å². The highest BCUT2D eigenvalue weighted by Crippen LogP contribution is 2.33. The van der Waals surface area contributed by atoms with Crippen LogP contribution in [0.2, 0.25) is 15.1 Å². The molecule has 0 amide bonds. The monoisotopic (exact) mass is 841 g/mol. The van der Waals surface area contributed by atoms with Gasteiger partial charge in [-0.3, -0.25) is 9.59 Å². The molecule has 6 rings (SSSR count). The fourth-order valence-electron chi connectivity index (χ4n) is 3.66. The number of rotatable bonds is 8. The summed E-state index contributed by atoms with van der Waals surface area (Å²) in [6.07, 6.45) is 4.79. The molecule has 256 valence electrons. The van der Waals surface area contributed by atoms with E-state index >= 15 is 0 Å². The van der Waals surface area contributed by atoms with Crippen molar-refractivity contribution in [3.63, 3.8) is 0 Å². The van der Waals surface area contributed by atoms with Gasteiger partial charge in [-0.25, -0.2) is 15.0 Å². The average Bonchev–Trinajstić information content (AvgIpc) is 3.93. The van der Waals surface area contributed by atoms with Crippen molar-refractivity contribution in [1.29, 1.82) is 0 Å². The number of carbonyl (C=O) groups is 2. The smallest absolute Gasteiger partial charge is 0.225 e. The van der Waals surface area contributed by atoms with Gasteiger partial charge in [0.25, 0.3) is 0 Å². The Hall–Kier alpha value is -3.40. The maximum absolute atomic E-state index is 12.0. The highest BCUT2D eigenvalue weighted by Gasteiger charge is 2.18. The first kappa shape index (κ1) is 40.0. The second-order valence-corrected chi connectivity index (χ2v) is 13.8. The zero-order valence-corrected chi connectivity index (χ0v) is 32.2. The van der Waals surface area contributed by atoms with Gasteiger partial charge in [-0.05, 0) is 70.5 Å². The molecular formula is C33H27BrCl3N3O6S3. The van der Waals surface area contributed by atoms with E-state index in [0.29, 0.717) is 52.7 Å². The molecule has 0 aliphatic heterocycles. The number of hydrogen-bond acceptors (Lipinski definition) is 12. The highest BCUT2D eigenvalue weighted by atomic mass is 79.9. The highest BCUT2D eigenvalue weighted by molar-refractivity contribution is 9.10. The number of methoxy groups -OCH3 is 3. The summed E-state index contributed by atoms with van der Waals surface area (Å²) in [5.74, 6) is 1.73. The van der Waals surface area contributed by atoms with Crippen LogP contribution in [0.1, 0.15) is 41.8 Å². The van der Waals surface area contributed by atoms with Gasteiger partial charge in [0, 0.05) is 55.4 Å². The van der Waals surface area contributed by atoms with Crippen LogP contribution in [0.3, 0.4) is 0 Å². The van der Waals surface area contributed by atoms with Gasteiger partial charge < -0.3 is 19.3 Å². The van der Waals surface area contributed by atoms with Gasteiger partial charge in [-0.15, -0.1) is 34.0 Å². The van der Waals surface area contributed by atoms with Crippen molar-refractivity contribution in [1.82, 2.24) is 15.0 Å². The van der Waals surface area contributed by atoms with Crippen molar-refractivity contribution in [3.8, 4) is 17.2 Å². The minimum absolute atomic E-state index is 0.172. The topological polar surface area (TPSA) is 121 Å². The first-order valence-electron chi connectivity index (χ1n) is 13.6. The molecule has 0 spiro atoms. The predicted molar refractivity (Wildman–Crippen MR) is 201 cm³/mol. The SMILES string of the molecule is COc1ccc(Cl)cc1Br.COc1ccc(Cl)cc1C(=O)c1nccs1.COc1ccc(Cl)cc1C(O)c1nccs1.O=Cc1nccs1. The standard InChI is InChI=1S/C11H10ClNO2S.C11H8ClNO2S.C7H6BrClO.C4H3NOS/c2*1-15-9-3-2-7(12)6-8(9)10(14)11-13-4-5-16-11;1-10-7-3-2-5(9)4-6(7)8;6-3-4-5-1-2-7-4/h2-6,10,14H,1H3;2-6H,1H3;2-4H,1H3;1-3H. The van der Waals surface area contributed by atoms with Crippen molar-refractivity contribution in [2.24, 2.45) is 0 Å². The Balaban J connectivity index is 0.000000185. The number of aromatic nitrogens is 3. The zero-order valence-electron chi connectivity index (χ0n) is 25.9. The van der Waals surface area contributed by atoms with E-state index in [1.165, 1.54) is 41.1 Å². The van der Waals surface area contributed by atoms with Crippen LogP contribution in [0, 0.1) is 0 Å². The molecule has 3 heterocycles. The van der Waals surface area contributed by atoms with Crippen LogP contribution in [-0.2, 0) is 0 Å². The number of carbonyl (C=O) groups excluding carboxylic acids is 2. The number of hydrogen-bond donors (Lipinski definition) is 1. The average molecular weight is 844 g/mol. The molecule has 0 saturated heterocycles. The first-order chi connectivity index (χ1) is 23.6. The summed E-state index contributed by atoms with van der Waals surface area (Å²) in [5.41, 5.74) is 1.06. The van der Waals surface area contributed by atoms with Gasteiger partial charge in [0.05, 0.1) is 31.4 Å². The third-order valence-electron chi connectivity index (χ3n) is 5.87. The first-order valence-corrected chi connectivity index (χ1v) is 18.2. The van der Waals surface area contributed by atoms with Gasteiger partial charge in [0.2, 0.25) is 5.78 Å². The summed E-state index contributed by atoms with van der Waals surface area (Å²) in [7, 11) is 4.69. The number of ether oxygens (including phenoxy) is 3. The van der Waals surface area contributed by atoms with E-state index in [-0.39, 0.29) is 5.78 Å². The molecule has 49 heavy (non-hydrogen) atoms. The Bertz CT molecular complexity index is 1900. The lowest BCUT2D eigenvalue weighted by Gasteiger charge is -2.12. The van der Waals surface area contributed by atoms with Crippen molar-refractivity contribution >= 4 is 96.8 Å². The van der Waals surface area contributed by atoms with E-state index in [4.69, 9.17) is 49.0 Å². The molecule has 0 radical (unpaired) electrons. The predicted octanol–water partition coefficient (Wildman–Crippen LogP) is 9.99. The summed E-state index contributed by atoms with van der Waals surface area (Å²) in [4.78, 5) is 33.6. The van der Waals surface area contributed by atoms with E-state index in [1.807, 2.05) is 11.4 Å². The molecule has 0 bridgehead atoms. The molecule has 6 aromatic rings. The normalized spacial score (nSPS) is 10.5. The molecule has 0 aliphatic carbocycles. The van der Waals surface area contributed by atoms with Crippen LogP contribution in [0.5, 0.6) is 17.2 Å². The third kappa shape index (κ3) is 12.5. The molecular weight excluding hydrogens is 817 g/mol. The van der Waals surface area contributed by atoms with Crippen molar-refractivity contribution < 1.29 is 28.9 Å². The fourth-order valence-corrected chi connectivity index (χ4v) is 6.53. The number of ketones is 1. The molecule has 0 saturated carbocycles. The van der Waals surface area contributed by atoms with E-state index in [1.54, 1.807) is 92.1 Å². The Morgan fingerprint density at radius 2 is 1.31 bits per heavy atom. The molecule has 3 aromatic carbocycles. The van der Waals surface area contributed by atoms with Crippen molar-refractivity contribution in [3.05, 3.63) is 135 Å². The van der Waals surface area contributed by atoms with Crippen molar-refractivity contribution in [2.75, 3.05) is 21.3 Å². The number of aliphatic hydroxyl groups excluding tert-OH is 1. The molecule has 1 atom stereocenters. The summed E-state index contributed by atoms with van der Waals surface area (Å²) < 4.78 is 16.2. The second kappa shape index (κ2) is 21.0. The number of halogens is 4. The third-order valence-corrected chi connectivity index (χ3v) is 9.50. The summed E-state index contributed by atoms with van der Waals surface area (Å²) >= 11 is 24.8. The lowest BCUT2D eigenvalue weighted by molar-refractivity contribution is 0.103. The number of benzene rings is 3. The molecule has 3 aromatic heterocycles. The maximum atomic E-state index is 12.0. The molecule has 0 fully saturated rings. The van der Waals surface area contributed by atoms with Crippen LogP contribution in [0.25, 0.3) is 0 Å². The lowest BCUT2D eigenvalue weighted by atomic mass is 10.1. The Labute approximate surface area is 318 Å². The minimum atomic E-state index is -0.798. The van der Waals surface area contributed by atoms with Gasteiger partial charge in [0.1, 0.15) is 28.4 Å². The maximum Gasteiger partial charge on any atom is 0.225 e. The lowest BCUT2D eigenvalue weighted by Crippen LogP contribution is -2.03. The Kier molecular flexibility index (Phi) is 17.1. The minimum Gasteiger partial charge on any atom is -0.496 e. The van der Waals surface area contributed by atoms with E-state index in [0.717, 1.165) is 16.5 Å². The summed E-state index contributed by atoms with van der Waals surface area (Å²) in [6.45, 7) is 0. The summed E-state index contributed by atoms with van der Waals surface area (Å²) in [6, 6.07) is 15.5. The Morgan fingerprint density at radius 3 is 1.82 bits per heavy atom. The van der Waals surface area contributed by atoms with Crippen LogP contribution >= 0.6 is 84.7 Å². The molecule has 1 unspecified atom stereocenters. The second-order valence-electron chi connectivity index (χ2n) is 8.94. The van der Waals surface area contributed by atoms with E-state index in [2.05, 4.69) is 30.9 Å². The molecule has 9 nitrogen and oxygen atoms in total. The molecule has 0 aliphatic rings. The molecule has 1 N–H and O–H groups in total. The number of thiazole rings is 3. The van der Waals surface area contributed by atoms with E-state index in [9.17, 15) is 14.7 Å². The van der Waals surface area contributed by atoms with Crippen LogP contribution in [0.4, 0.5) is 0 Å². The quantitative estimate of drug-likeness (QED) is 0.118.